The molecule has 1 saturated carbocycles. The molecule has 1 aliphatic rings. The first-order valence-electron chi connectivity index (χ1n) is 8.79. The zero-order chi connectivity index (χ0) is 17.5. The number of hydrogen-bond donors (Lipinski definition) is 2. The van der Waals surface area contributed by atoms with Gasteiger partial charge in [-0.3, -0.25) is 9.89 Å². The number of aromatic nitrogens is 3. The molecule has 1 aliphatic carbocycles. The van der Waals surface area contributed by atoms with Crippen LogP contribution in [0.1, 0.15) is 49.1 Å². The number of aromatic amines is 1. The minimum Gasteiger partial charge on any atom is -0.353 e. The van der Waals surface area contributed by atoms with Crippen molar-refractivity contribution < 1.29 is 4.79 Å². The average molecular weight is 356 g/mol. The monoisotopic (exact) mass is 356 g/mol. The van der Waals surface area contributed by atoms with Crippen LogP contribution in [0.3, 0.4) is 0 Å². The molecular formula is C19H24N4OS. The molecule has 1 fully saturated rings. The van der Waals surface area contributed by atoms with Crippen LogP contribution in [-0.2, 0) is 4.79 Å². The van der Waals surface area contributed by atoms with Crippen molar-refractivity contribution in [1.82, 2.24) is 20.5 Å². The van der Waals surface area contributed by atoms with Crippen LogP contribution in [0.4, 0.5) is 0 Å². The van der Waals surface area contributed by atoms with Crippen molar-refractivity contribution in [2.75, 3.05) is 5.75 Å². The van der Waals surface area contributed by atoms with E-state index in [0.29, 0.717) is 22.8 Å². The summed E-state index contributed by atoms with van der Waals surface area (Å²) >= 11 is 1.36. The molecule has 132 valence electrons. The first kappa shape index (κ1) is 17.7. The molecule has 0 unspecified atom stereocenters. The zero-order valence-corrected chi connectivity index (χ0v) is 15.3. The number of amides is 1. The smallest absolute Gasteiger partial charge is 0.230 e. The molecule has 0 bridgehead atoms. The molecule has 25 heavy (non-hydrogen) atoms. The van der Waals surface area contributed by atoms with Gasteiger partial charge < -0.3 is 5.32 Å². The summed E-state index contributed by atoms with van der Waals surface area (Å²) in [6.07, 6.45) is 9.85. The van der Waals surface area contributed by atoms with E-state index in [1.54, 1.807) is 0 Å². The Morgan fingerprint density at radius 2 is 2.08 bits per heavy atom. The van der Waals surface area contributed by atoms with E-state index in [1.807, 2.05) is 24.3 Å². The fraction of sp³-hybridized carbons (Fsp3) is 0.421. The summed E-state index contributed by atoms with van der Waals surface area (Å²) in [5, 5.41) is 10.8. The van der Waals surface area contributed by atoms with Gasteiger partial charge >= 0.3 is 0 Å². The van der Waals surface area contributed by atoms with Crippen LogP contribution in [0, 0.1) is 6.92 Å². The number of nitrogens with zero attached hydrogens (tertiary/aromatic N) is 2. The Kier molecular flexibility index (Phi) is 6.28. The number of benzene rings is 1. The van der Waals surface area contributed by atoms with Gasteiger partial charge in [-0.2, -0.15) is 0 Å². The maximum absolute atomic E-state index is 12.0. The van der Waals surface area contributed by atoms with Gasteiger partial charge in [-0.05, 0) is 37.0 Å². The predicted molar refractivity (Wildman–Crippen MR) is 102 cm³/mol. The fourth-order valence-corrected chi connectivity index (χ4v) is 3.60. The highest BCUT2D eigenvalue weighted by Gasteiger charge is 2.16. The molecule has 0 radical (unpaired) electrons. The van der Waals surface area contributed by atoms with Crippen LogP contribution in [0.2, 0.25) is 0 Å². The van der Waals surface area contributed by atoms with E-state index in [2.05, 4.69) is 39.6 Å². The summed E-state index contributed by atoms with van der Waals surface area (Å²) in [7, 11) is 0. The molecule has 2 aromatic rings. The number of rotatable bonds is 6. The van der Waals surface area contributed by atoms with Crippen LogP contribution in [-0.4, -0.2) is 32.9 Å². The van der Waals surface area contributed by atoms with Crippen LogP contribution in [0.5, 0.6) is 0 Å². The van der Waals surface area contributed by atoms with Crippen molar-refractivity contribution in [3.8, 4) is 0 Å². The molecule has 2 N–H and O–H groups in total. The van der Waals surface area contributed by atoms with Gasteiger partial charge in [0.1, 0.15) is 5.82 Å². The molecule has 0 saturated heterocycles. The molecule has 3 rings (SSSR count). The topological polar surface area (TPSA) is 70.7 Å². The summed E-state index contributed by atoms with van der Waals surface area (Å²) in [6, 6.07) is 8.52. The number of carbonyl (C=O) groups is 1. The van der Waals surface area contributed by atoms with E-state index >= 15 is 0 Å². The van der Waals surface area contributed by atoms with E-state index in [0.717, 1.165) is 18.4 Å². The largest absolute Gasteiger partial charge is 0.353 e. The molecule has 1 amide bonds. The lowest BCUT2D eigenvalue weighted by atomic mass is 9.95. The van der Waals surface area contributed by atoms with Crippen molar-refractivity contribution in [1.29, 1.82) is 0 Å². The third kappa shape index (κ3) is 5.46. The van der Waals surface area contributed by atoms with Gasteiger partial charge in [-0.1, -0.05) is 61.4 Å². The highest BCUT2D eigenvalue weighted by molar-refractivity contribution is 7.99. The van der Waals surface area contributed by atoms with Gasteiger partial charge in [-0.15, -0.1) is 5.10 Å². The molecule has 5 nitrogen and oxygen atoms in total. The lowest BCUT2D eigenvalue weighted by Crippen LogP contribution is -2.37. The Bertz CT molecular complexity index is 735. The van der Waals surface area contributed by atoms with Crippen LogP contribution in [0.25, 0.3) is 12.2 Å². The third-order valence-electron chi connectivity index (χ3n) is 4.39. The summed E-state index contributed by atoms with van der Waals surface area (Å²) < 4.78 is 0. The normalized spacial score (nSPS) is 15.6. The number of aryl methyl sites for hydroxylation is 1. The quantitative estimate of drug-likeness (QED) is 0.772. The van der Waals surface area contributed by atoms with E-state index in [1.165, 1.54) is 36.6 Å². The van der Waals surface area contributed by atoms with Crippen molar-refractivity contribution in [2.24, 2.45) is 0 Å². The number of nitrogens with one attached hydrogen (secondary N) is 2. The lowest BCUT2D eigenvalue weighted by Gasteiger charge is -2.22. The van der Waals surface area contributed by atoms with Gasteiger partial charge in [0.25, 0.3) is 0 Å². The maximum Gasteiger partial charge on any atom is 0.230 e. The Morgan fingerprint density at radius 3 is 2.88 bits per heavy atom. The van der Waals surface area contributed by atoms with E-state index < -0.39 is 0 Å². The van der Waals surface area contributed by atoms with Crippen LogP contribution >= 0.6 is 11.8 Å². The van der Waals surface area contributed by atoms with E-state index in [4.69, 9.17) is 0 Å². The third-order valence-corrected chi connectivity index (χ3v) is 5.24. The Labute approximate surface area is 152 Å². The molecule has 6 heteroatoms. The van der Waals surface area contributed by atoms with Crippen molar-refractivity contribution in [3.05, 3.63) is 41.2 Å². The second-order valence-electron chi connectivity index (χ2n) is 6.38. The average Bonchev–Trinajstić information content (AvgIpc) is 3.08. The zero-order valence-electron chi connectivity index (χ0n) is 14.5. The highest BCUT2D eigenvalue weighted by Crippen LogP contribution is 2.18. The van der Waals surface area contributed by atoms with Crippen molar-refractivity contribution >= 4 is 29.8 Å². The molecule has 0 atom stereocenters. The first-order chi connectivity index (χ1) is 12.2. The van der Waals surface area contributed by atoms with Crippen molar-refractivity contribution in [2.45, 2.75) is 50.2 Å². The summed E-state index contributed by atoms with van der Waals surface area (Å²) in [5.41, 5.74) is 2.37. The minimum atomic E-state index is 0.0682. The minimum absolute atomic E-state index is 0.0682. The lowest BCUT2D eigenvalue weighted by molar-refractivity contribution is -0.119. The second-order valence-corrected chi connectivity index (χ2v) is 7.33. The second kappa shape index (κ2) is 8.85. The molecule has 1 aromatic carbocycles. The van der Waals surface area contributed by atoms with Gasteiger partial charge in [0.05, 0.1) is 5.75 Å². The maximum atomic E-state index is 12.0. The van der Waals surface area contributed by atoms with E-state index in [-0.39, 0.29) is 5.91 Å². The number of H-pyrrole nitrogens is 1. The van der Waals surface area contributed by atoms with Crippen LogP contribution < -0.4 is 5.32 Å². The van der Waals surface area contributed by atoms with Crippen molar-refractivity contribution in [3.63, 3.8) is 0 Å². The van der Waals surface area contributed by atoms with Gasteiger partial charge in [0, 0.05) is 6.04 Å². The Hall–Kier alpha value is -2.08. The summed E-state index contributed by atoms with van der Waals surface area (Å²) in [4.78, 5) is 16.4. The van der Waals surface area contributed by atoms with Gasteiger partial charge in [0.2, 0.25) is 11.1 Å². The Balaban J connectivity index is 1.48. The molecule has 1 aromatic heterocycles. The number of hydrogen-bond acceptors (Lipinski definition) is 4. The Morgan fingerprint density at radius 1 is 1.28 bits per heavy atom. The van der Waals surface area contributed by atoms with Crippen LogP contribution in [0.15, 0.2) is 29.4 Å². The SMILES string of the molecule is Cc1ccccc1C=Cc1nc(SCC(=O)NC2CCCCC2)n[nH]1. The van der Waals surface area contributed by atoms with Gasteiger partial charge in [0.15, 0.2) is 0 Å². The summed E-state index contributed by atoms with van der Waals surface area (Å²) in [6.45, 7) is 2.08. The van der Waals surface area contributed by atoms with E-state index in [9.17, 15) is 4.79 Å². The molecule has 1 heterocycles. The number of carbonyl (C=O) groups excluding carboxylic acids is 1. The fourth-order valence-electron chi connectivity index (χ4n) is 2.99. The first-order valence-corrected chi connectivity index (χ1v) is 9.77. The summed E-state index contributed by atoms with van der Waals surface area (Å²) in [5.74, 6) is 1.12. The predicted octanol–water partition coefficient (Wildman–Crippen LogP) is 3.82. The van der Waals surface area contributed by atoms with Gasteiger partial charge in [-0.25, -0.2) is 4.98 Å². The highest BCUT2D eigenvalue weighted by atomic mass is 32.2. The standard InChI is InChI=1S/C19H24N4OS/c1-14-7-5-6-8-15(14)11-12-17-21-19(23-22-17)25-13-18(24)20-16-9-3-2-4-10-16/h5-8,11-12,16H,2-4,9-10,13H2,1H3,(H,20,24)(H,21,22,23). The molecule has 0 aliphatic heterocycles. The molecule has 0 spiro atoms. The molecular weight excluding hydrogens is 332 g/mol. The number of thioether (sulfide) groups is 1.